The summed E-state index contributed by atoms with van der Waals surface area (Å²) >= 11 is 0. The van der Waals surface area contributed by atoms with Gasteiger partial charge < -0.3 is 10.0 Å². The fourth-order valence-electron chi connectivity index (χ4n) is 1.80. The molecule has 0 spiro atoms. The van der Waals surface area contributed by atoms with Crippen LogP contribution in [0.15, 0.2) is 18.3 Å². The van der Waals surface area contributed by atoms with Gasteiger partial charge >= 0.3 is 0 Å². The first-order chi connectivity index (χ1) is 6.63. The highest BCUT2D eigenvalue weighted by molar-refractivity contribution is 5.50. The van der Waals surface area contributed by atoms with Crippen LogP contribution in [0, 0.1) is 6.92 Å². The standard InChI is InChI=1S/C11H16N2O/c1-3-11(14)7-13(8-11)10-4-5-12-9(2)6-10/h4-6,14H,3,7-8H2,1-2H3. The number of aliphatic hydroxyl groups is 1. The van der Waals surface area contributed by atoms with Crippen molar-refractivity contribution in [2.75, 3.05) is 18.0 Å². The lowest BCUT2D eigenvalue weighted by Gasteiger charge is -2.47. The molecular weight excluding hydrogens is 176 g/mol. The van der Waals surface area contributed by atoms with Crippen molar-refractivity contribution in [3.8, 4) is 0 Å². The minimum atomic E-state index is -0.461. The third-order valence-electron chi connectivity index (χ3n) is 2.87. The normalized spacial score (nSPS) is 19.2. The van der Waals surface area contributed by atoms with Crippen molar-refractivity contribution in [2.24, 2.45) is 0 Å². The predicted octanol–water partition coefficient (Wildman–Crippen LogP) is 1.35. The van der Waals surface area contributed by atoms with Gasteiger partial charge in [0.2, 0.25) is 0 Å². The van der Waals surface area contributed by atoms with Crippen molar-refractivity contribution >= 4 is 5.69 Å². The van der Waals surface area contributed by atoms with Gasteiger partial charge in [0, 0.05) is 30.7 Å². The summed E-state index contributed by atoms with van der Waals surface area (Å²) in [5.74, 6) is 0. The van der Waals surface area contributed by atoms with Gasteiger partial charge in [-0.05, 0) is 25.5 Å². The molecule has 3 nitrogen and oxygen atoms in total. The maximum absolute atomic E-state index is 9.86. The molecule has 0 atom stereocenters. The molecule has 1 N–H and O–H groups in total. The van der Waals surface area contributed by atoms with E-state index in [4.69, 9.17) is 0 Å². The topological polar surface area (TPSA) is 36.4 Å². The summed E-state index contributed by atoms with van der Waals surface area (Å²) in [5, 5.41) is 9.86. The number of aromatic nitrogens is 1. The zero-order chi connectivity index (χ0) is 10.2. The van der Waals surface area contributed by atoms with E-state index in [1.54, 1.807) is 0 Å². The average molecular weight is 192 g/mol. The van der Waals surface area contributed by atoms with E-state index < -0.39 is 5.60 Å². The highest BCUT2D eigenvalue weighted by Gasteiger charge is 2.39. The van der Waals surface area contributed by atoms with Crippen LogP contribution >= 0.6 is 0 Å². The predicted molar refractivity (Wildman–Crippen MR) is 56.4 cm³/mol. The third kappa shape index (κ3) is 1.60. The number of nitrogens with zero attached hydrogens (tertiary/aromatic N) is 2. The van der Waals surface area contributed by atoms with Gasteiger partial charge in [-0.2, -0.15) is 0 Å². The van der Waals surface area contributed by atoms with Crippen molar-refractivity contribution in [1.82, 2.24) is 4.98 Å². The Kier molecular flexibility index (Phi) is 2.19. The first-order valence-electron chi connectivity index (χ1n) is 5.03. The molecule has 0 saturated carbocycles. The highest BCUT2D eigenvalue weighted by atomic mass is 16.3. The number of hydrogen-bond donors (Lipinski definition) is 1. The van der Waals surface area contributed by atoms with Crippen molar-refractivity contribution < 1.29 is 5.11 Å². The van der Waals surface area contributed by atoms with E-state index in [0.717, 1.165) is 30.9 Å². The SMILES string of the molecule is CCC1(O)CN(c2ccnc(C)c2)C1. The quantitative estimate of drug-likeness (QED) is 0.768. The fourth-order valence-corrected chi connectivity index (χ4v) is 1.80. The molecule has 1 aliphatic heterocycles. The van der Waals surface area contributed by atoms with Crippen LogP contribution in [0.25, 0.3) is 0 Å². The molecule has 1 aromatic rings. The minimum absolute atomic E-state index is 0.461. The van der Waals surface area contributed by atoms with E-state index in [2.05, 4.69) is 16.0 Å². The van der Waals surface area contributed by atoms with Gasteiger partial charge in [-0.15, -0.1) is 0 Å². The monoisotopic (exact) mass is 192 g/mol. The number of rotatable bonds is 2. The van der Waals surface area contributed by atoms with Gasteiger partial charge in [-0.3, -0.25) is 4.98 Å². The average Bonchev–Trinajstić information content (AvgIpc) is 2.13. The molecule has 1 aliphatic rings. The maximum Gasteiger partial charge on any atom is 0.0992 e. The molecule has 3 heteroatoms. The van der Waals surface area contributed by atoms with Crippen LogP contribution in [0.3, 0.4) is 0 Å². The molecule has 2 heterocycles. The molecule has 0 aromatic carbocycles. The summed E-state index contributed by atoms with van der Waals surface area (Å²) < 4.78 is 0. The number of hydrogen-bond acceptors (Lipinski definition) is 3. The minimum Gasteiger partial charge on any atom is -0.386 e. The first kappa shape index (κ1) is 9.46. The fraction of sp³-hybridized carbons (Fsp3) is 0.545. The van der Waals surface area contributed by atoms with E-state index in [9.17, 15) is 5.11 Å². The van der Waals surface area contributed by atoms with Gasteiger partial charge in [0.05, 0.1) is 5.60 Å². The Morgan fingerprint density at radius 1 is 1.57 bits per heavy atom. The van der Waals surface area contributed by atoms with Gasteiger partial charge in [0.15, 0.2) is 0 Å². The van der Waals surface area contributed by atoms with E-state index >= 15 is 0 Å². The second-order valence-corrected chi connectivity index (χ2v) is 4.09. The molecule has 1 fully saturated rings. The number of pyridine rings is 1. The summed E-state index contributed by atoms with van der Waals surface area (Å²) in [6, 6.07) is 4.04. The lowest BCUT2D eigenvalue weighted by atomic mass is 9.91. The van der Waals surface area contributed by atoms with Crippen LogP contribution in [0.4, 0.5) is 5.69 Å². The van der Waals surface area contributed by atoms with E-state index in [1.165, 1.54) is 0 Å². The van der Waals surface area contributed by atoms with Gasteiger partial charge in [-0.1, -0.05) is 6.92 Å². The Labute approximate surface area is 84.4 Å². The smallest absolute Gasteiger partial charge is 0.0992 e. The maximum atomic E-state index is 9.86. The number of aryl methyl sites for hydroxylation is 1. The molecular formula is C11H16N2O. The van der Waals surface area contributed by atoms with Gasteiger partial charge in [0.25, 0.3) is 0 Å². The molecule has 76 valence electrons. The van der Waals surface area contributed by atoms with Crippen LogP contribution in [0.1, 0.15) is 19.0 Å². The molecule has 0 unspecified atom stereocenters. The van der Waals surface area contributed by atoms with E-state index in [0.29, 0.717) is 0 Å². The van der Waals surface area contributed by atoms with Crippen molar-refractivity contribution in [3.05, 3.63) is 24.0 Å². The van der Waals surface area contributed by atoms with Gasteiger partial charge in [-0.25, -0.2) is 0 Å². The van der Waals surface area contributed by atoms with Crippen molar-refractivity contribution in [1.29, 1.82) is 0 Å². The molecule has 0 radical (unpaired) electrons. The van der Waals surface area contributed by atoms with Crippen LogP contribution in [0.2, 0.25) is 0 Å². The first-order valence-corrected chi connectivity index (χ1v) is 5.03. The van der Waals surface area contributed by atoms with Crippen LogP contribution in [-0.2, 0) is 0 Å². The highest BCUT2D eigenvalue weighted by Crippen LogP contribution is 2.29. The number of β-amino-alcohol motifs (C(OH)–C–C–N with tert-alkyl or cyclic N) is 1. The lowest BCUT2D eigenvalue weighted by molar-refractivity contribution is 0.00851. The zero-order valence-electron chi connectivity index (χ0n) is 8.70. The lowest BCUT2D eigenvalue weighted by Crippen LogP contribution is -2.61. The summed E-state index contributed by atoms with van der Waals surface area (Å²) in [6.07, 6.45) is 2.64. The van der Waals surface area contributed by atoms with E-state index in [1.807, 2.05) is 26.1 Å². The summed E-state index contributed by atoms with van der Waals surface area (Å²) in [6.45, 7) is 5.49. The van der Waals surface area contributed by atoms with Crippen LogP contribution < -0.4 is 4.90 Å². The third-order valence-corrected chi connectivity index (χ3v) is 2.87. The Balaban J connectivity index is 2.06. The van der Waals surface area contributed by atoms with Crippen LogP contribution in [-0.4, -0.2) is 28.8 Å². The molecule has 0 amide bonds. The van der Waals surface area contributed by atoms with Crippen molar-refractivity contribution in [3.63, 3.8) is 0 Å². The van der Waals surface area contributed by atoms with Crippen molar-refractivity contribution in [2.45, 2.75) is 25.9 Å². The molecule has 2 rings (SSSR count). The van der Waals surface area contributed by atoms with E-state index in [-0.39, 0.29) is 0 Å². The Morgan fingerprint density at radius 2 is 2.29 bits per heavy atom. The Morgan fingerprint density at radius 3 is 2.86 bits per heavy atom. The molecule has 0 bridgehead atoms. The van der Waals surface area contributed by atoms with Crippen LogP contribution in [0.5, 0.6) is 0 Å². The second kappa shape index (κ2) is 3.24. The summed E-state index contributed by atoms with van der Waals surface area (Å²) in [5.41, 5.74) is 1.72. The number of anilines is 1. The Hall–Kier alpha value is -1.09. The largest absolute Gasteiger partial charge is 0.386 e. The Bertz CT molecular complexity index is 332. The second-order valence-electron chi connectivity index (χ2n) is 4.09. The van der Waals surface area contributed by atoms with Gasteiger partial charge in [0.1, 0.15) is 0 Å². The zero-order valence-corrected chi connectivity index (χ0v) is 8.70. The molecule has 1 saturated heterocycles. The molecule has 1 aromatic heterocycles. The molecule has 0 aliphatic carbocycles. The summed E-state index contributed by atoms with van der Waals surface area (Å²) in [7, 11) is 0. The summed E-state index contributed by atoms with van der Waals surface area (Å²) in [4.78, 5) is 6.33. The molecule has 14 heavy (non-hydrogen) atoms.